The summed E-state index contributed by atoms with van der Waals surface area (Å²) >= 11 is 0. The number of ketones is 1. The molecule has 0 saturated heterocycles. The summed E-state index contributed by atoms with van der Waals surface area (Å²) in [5.74, 6) is -3.79. The minimum absolute atomic E-state index is 0. The van der Waals surface area contributed by atoms with Crippen molar-refractivity contribution in [2.24, 2.45) is 5.92 Å². The fourth-order valence-corrected chi connectivity index (χ4v) is 14.4. The molecule has 0 heterocycles. The molecule has 0 fully saturated rings. The molecule has 0 atom stereocenters. The lowest BCUT2D eigenvalue weighted by Crippen LogP contribution is -2.54. The van der Waals surface area contributed by atoms with Crippen LogP contribution >= 0.6 is 0 Å². The Labute approximate surface area is 687 Å². The van der Waals surface area contributed by atoms with Gasteiger partial charge in [-0.2, -0.15) is 26.3 Å². The molecule has 120 heavy (non-hydrogen) atoms. The average Bonchev–Trinajstić information content (AvgIpc) is 0.709. The van der Waals surface area contributed by atoms with E-state index < -0.39 is 102 Å². The van der Waals surface area contributed by atoms with Crippen molar-refractivity contribution < 1.29 is 128 Å². The molecule has 32 heteroatoms. The van der Waals surface area contributed by atoms with Crippen LogP contribution in [-0.4, -0.2) is 121 Å². The van der Waals surface area contributed by atoms with Gasteiger partial charge in [0.1, 0.15) is 69.0 Å². The predicted molar refractivity (Wildman–Crippen MR) is 434 cm³/mol. The Morgan fingerprint density at radius 3 is 1.34 bits per heavy atom. The molecule has 0 unspecified atom stereocenters. The smallest absolute Gasteiger partial charge is 0.496 e. The second kappa shape index (κ2) is 39.2. The van der Waals surface area contributed by atoms with Crippen molar-refractivity contribution in [3.63, 3.8) is 0 Å². The summed E-state index contributed by atoms with van der Waals surface area (Å²) in [6, 6.07) is 48.0. The minimum atomic E-state index is -6.30. The standard InChI is InChI=1S/C88H82F6N4O20Si.H2O.H2/c1-52(2)80(102)96-60-21-29-64(30-22-60)116-70-45-67(108-7)44-69(48-70)115-63-27-12-54(13-28-63)40-77(101)74-36-19-59(43-79(74)113-51-100)86(87(89,90)91,88(92,93)94)58-20-37-78(112-50-99)76(42-58)83(105)98-62-25-33-66(34-26-62)118-72-47-68(114-53(3)4)46-71(49-72)117-65-31-23-61(24-32-65)97-81(103)55-14-16-56(17-15-55)85(5,6)57-18-35-73(84(106)107)75(41-57)82(104)95-38-11-39-119(109-8,110-9)111-10;;/h12-37,41-53H,11,38-40H2,1-10H3,(H,95,104)(H,96,102)(H,97,103)(H,98,105)(H,106,107);1H2;1H/i;;1+1. The number of carboxylic acid groups (broad SMARTS) is 1. The fraction of sp³-hybridized carbons (Fsp3) is 0.227. The number of alkyl halides is 6. The molecule has 0 aliphatic heterocycles. The number of hydrogen-bond acceptors (Lipinski definition) is 19. The maximum atomic E-state index is 15.9. The molecule has 7 N–H and O–H groups in total. The molecule has 0 aliphatic rings. The molecular weight excluding hydrogens is 1590 g/mol. The largest absolute Gasteiger partial charge is 0.500 e. The van der Waals surface area contributed by atoms with Crippen molar-refractivity contribution in [1.82, 2.24) is 5.32 Å². The van der Waals surface area contributed by atoms with E-state index in [1.165, 1.54) is 89.1 Å². The van der Waals surface area contributed by atoms with Gasteiger partial charge in [-0.1, -0.05) is 70.2 Å². The summed E-state index contributed by atoms with van der Waals surface area (Å²) in [6.07, 6.45) is -13.0. The zero-order chi connectivity index (χ0) is 86.2. The number of methoxy groups -OCH3 is 1. The lowest BCUT2D eigenvalue weighted by atomic mass is 9.72. The summed E-state index contributed by atoms with van der Waals surface area (Å²) in [5.41, 5.74) is -7.79. The highest BCUT2D eigenvalue weighted by atomic mass is 28.4. The van der Waals surface area contributed by atoms with Gasteiger partial charge in [-0.25, -0.2) is 4.79 Å². The third kappa shape index (κ3) is 21.9. The Balaban J connectivity index is 0.00000910. The Kier molecular flexibility index (Phi) is 29.6. The van der Waals surface area contributed by atoms with Crippen molar-refractivity contribution in [3.05, 3.63) is 268 Å². The molecule has 0 aromatic heterocycles. The molecule has 0 radical (unpaired) electrons. The van der Waals surface area contributed by atoms with E-state index in [1.54, 1.807) is 143 Å². The van der Waals surface area contributed by atoms with E-state index in [0.717, 1.165) is 5.56 Å². The molecule has 0 spiro atoms. The quantitative estimate of drug-likeness (QED) is 0.00794. The lowest BCUT2D eigenvalue weighted by Gasteiger charge is -2.38. The molecule has 630 valence electrons. The average molecular weight is 1680 g/mol. The SMILES string of the molecule is COc1cc(Oc2ccc(CC(=O)c3ccc(C(c4ccc(OC=O)c(C(=O)Nc5ccc(Oc6cc(Oc7ccc(NC(=O)c8ccc(C(C)(C)c9ccc(C(=O)O)c(C(=O)NCCC[Si](OC)(OC)OC)c9)cc8)cc7)cc(OC(C)C)c6)cc5)c4)(C(F)(F)F)C(F)(F)F)cc3OC=O)cc2)cc(Oc2ccc(NC(=O)C(C)C)cc2)c1.O.[2HH]. The van der Waals surface area contributed by atoms with Crippen molar-refractivity contribution in [2.75, 3.05) is 50.9 Å². The van der Waals surface area contributed by atoms with Gasteiger partial charge < -0.3 is 83.0 Å². The maximum absolute atomic E-state index is 15.9. The van der Waals surface area contributed by atoms with Crippen LogP contribution in [0.15, 0.2) is 212 Å². The predicted octanol–water partition coefficient (Wildman–Crippen LogP) is 18.1. The normalized spacial score (nSPS) is 11.6. The first-order valence-electron chi connectivity index (χ1n) is 36.8. The number of anilines is 3. The highest BCUT2D eigenvalue weighted by Crippen LogP contribution is 2.57. The van der Waals surface area contributed by atoms with Crippen molar-refractivity contribution in [1.29, 1.82) is 0 Å². The maximum Gasteiger partial charge on any atom is 0.500 e. The van der Waals surface area contributed by atoms with E-state index in [2.05, 4.69) is 21.3 Å². The summed E-state index contributed by atoms with van der Waals surface area (Å²) in [7, 11) is 2.98. The summed E-state index contributed by atoms with van der Waals surface area (Å²) in [4.78, 5) is 103. The number of hydrogen-bond donors (Lipinski definition) is 5. The molecule has 10 aromatic rings. The van der Waals surface area contributed by atoms with E-state index in [9.17, 15) is 43.5 Å². The Bertz CT molecular complexity index is 5320. The number of carbonyl (C=O) groups excluding carboxylic acids is 7. The monoisotopic (exact) mass is 1680 g/mol. The van der Waals surface area contributed by atoms with Crippen LogP contribution < -0.4 is 59.2 Å². The third-order valence-corrected chi connectivity index (χ3v) is 21.8. The van der Waals surface area contributed by atoms with Crippen LogP contribution in [0.3, 0.4) is 0 Å². The molecule has 10 rings (SSSR count). The number of carboxylic acids is 1. The molecule has 25 nitrogen and oxygen atoms in total. The van der Waals surface area contributed by atoms with Crippen LogP contribution in [0.25, 0.3) is 0 Å². The molecule has 0 saturated carbocycles. The zero-order valence-corrected chi connectivity index (χ0v) is 67.3. The molecule has 10 aromatic carbocycles. The first-order chi connectivity index (χ1) is 56.6. The number of benzene rings is 10. The zero-order valence-electron chi connectivity index (χ0n) is 66.3. The van der Waals surface area contributed by atoms with Gasteiger partial charge in [-0.05, 0) is 182 Å². The van der Waals surface area contributed by atoms with Crippen LogP contribution in [0.5, 0.6) is 69.0 Å². The van der Waals surface area contributed by atoms with Gasteiger partial charge in [0.2, 0.25) is 11.3 Å². The summed E-state index contributed by atoms with van der Waals surface area (Å²) in [6.45, 7) is 10.6. The van der Waals surface area contributed by atoms with Crippen LogP contribution in [-0.2, 0) is 44.9 Å². The van der Waals surface area contributed by atoms with Crippen LogP contribution in [0.1, 0.15) is 129 Å². The van der Waals surface area contributed by atoms with Crippen molar-refractivity contribution >= 4 is 74.2 Å². The number of halogens is 6. The highest BCUT2D eigenvalue weighted by molar-refractivity contribution is 6.60. The summed E-state index contributed by atoms with van der Waals surface area (Å²) in [5, 5.41) is 20.8. The van der Waals surface area contributed by atoms with Crippen molar-refractivity contribution in [2.45, 2.75) is 89.7 Å². The highest BCUT2D eigenvalue weighted by Gasteiger charge is 2.73. The van der Waals surface area contributed by atoms with E-state index in [0.29, 0.717) is 93.5 Å². The van der Waals surface area contributed by atoms with Crippen LogP contribution in [0.4, 0.5) is 43.4 Å². The van der Waals surface area contributed by atoms with E-state index in [1.807, 2.05) is 13.8 Å². The Morgan fingerprint density at radius 1 is 0.450 bits per heavy atom. The van der Waals surface area contributed by atoms with Gasteiger partial charge in [0.25, 0.3) is 30.7 Å². The molecule has 0 aliphatic carbocycles. The number of carbonyl (C=O) groups is 8. The van der Waals surface area contributed by atoms with E-state index in [-0.39, 0.29) is 102 Å². The number of amides is 4. The molecular formula is C88H86F6N4O21Si. The van der Waals surface area contributed by atoms with Crippen molar-refractivity contribution in [3.8, 4) is 69.0 Å². The van der Waals surface area contributed by atoms with E-state index in [4.69, 9.17) is 51.2 Å². The van der Waals surface area contributed by atoms with Gasteiger partial charge >= 0.3 is 27.1 Å². The topological polar surface area (TPSA) is 338 Å². The van der Waals surface area contributed by atoms with Crippen LogP contribution in [0, 0.1) is 5.92 Å². The number of Topliss-reactive ketones (excluding diaryl/α,β-unsaturated/α-hetero) is 1. The van der Waals surface area contributed by atoms with Gasteiger partial charge in [0, 0.05) is 112 Å². The third-order valence-electron chi connectivity index (χ3n) is 19.0. The fourth-order valence-electron chi connectivity index (χ4n) is 12.7. The Hall–Kier alpha value is -13.4. The second-order valence-corrected chi connectivity index (χ2v) is 31.0. The number of rotatable bonds is 37. The first kappa shape index (κ1) is 90.5. The molecule has 0 bridgehead atoms. The first-order valence-corrected chi connectivity index (χ1v) is 38.7. The van der Waals surface area contributed by atoms with E-state index >= 15 is 26.3 Å². The van der Waals surface area contributed by atoms with Gasteiger partial charge in [0.15, 0.2) is 5.78 Å². The van der Waals surface area contributed by atoms with Crippen LogP contribution in [0.2, 0.25) is 6.04 Å². The van der Waals surface area contributed by atoms with Gasteiger partial charge in [-0.15, -0.1) is 0 Å². The lowest BCUT2D eigenvalue weighted by molar-refractivity contribution is -0.288. The molecule has 4 amide bonds. The Morgan fingerprint density at radius 2 is 0.875 bits per heavy atom. The van der Waals surface area contributed by atoms with Gasteiger partial charge in [-0.3, -0.25) is 33.6 Å². The summed E-state index contributed by atoms with van der Waals surface area (Å²) < 4.78 is 157. The number of ether oxygens (including phenoxy) is 8. The minimum Gasteiger partial charge on any atom is -0.496 e. The van der Waals surface area contributed by atoms with Gasteiger partial charge in [0.05, 0.1) is 35.5 Å². The second-order valence-electron chi connectivity index (χ2n) is 27.9. The number of aromatic carboxylic acids is 1. The number of nitrogens with one attached hydrogen (secondary N) is 4.